The van der Waals surface area contributed by atoms with Gasteiger partial charge in [0.1, 0.15) is 11.3 Å². The molecule has 1 amide bonds. The van der Waals surface area contributed by atoms with Gasteiger partial charge in [-0.3, -0.25) is 9.78 Å². The lowest BCUT2D eigenvalue weighted by atomic mass is 9.78. The maximum absolute atomic E-state index is 14.2. The topological polar surface area (TPSA) is 47.4 Å². The predicted molar refractivity (Wildman–Crippen MR) is 118 cm³/mol. The number of halogens is 1. The monoisotopic (exact) mass is 421 g/mol. The van der Waals surface area contributed by atoms with E-state index in [0.29, 0.717) is 43.7 Å². The highest BCUT2D eigenvalue weighted by molar-refractivity contribution is 6.05. The number of nitrogens with zero attached hydrogens (tertiary/aromatic N) is 3. The highest BCUT2D eigenvalue weighted by Crippen LogP contribution is 2.38. The standard InChI is InChI=1S/C25H28FN3O2/c26-22-5-2-1-4-20(22)19-9-7-18(8-10-19)16-29-17-21(24-23(29)6-3-11-27-24)25(30)28-12-14-31-15-13-28/h1-6,11,17-19H,7-10,12-16H2. The average Bonchev–Trinajstić information content (AvgIpc) is 3.18. The van der Waals surface area contributed by atoms with E-state index >= 15 is 0 Å². The Morgan fingerprint density at radius 1 is 1.06 bits per heavy atom. The molecule has 5 nitrogen and oxygen atoms in total. The van der Waals surface area contributed by atoms with Crippen LogP contribution in [0.3, 0.4) is 0 Å². The molecule has 3 heterocycles. The molecule has 31 heavy (non-hydrogen) atoms. The molecule has 0 radical (unpaired) electrons. The Balaban J connectivity index is 1.32. The van der Waals surface area contributed by atoms with Crippen molar-refractivity contribution in [2.45, 2.75) is 38.1 Å². The van der Waals surface area contributed by atoms with Crippen LogP contribution in [0.4, 0.5) is 4.39 Å². The Morgan fingerprint density at radius 3 is 2.61 bits per heavy atom. The number of hydrogen-bond donors (Lipinski definition) is 0. The summed E-state index contributed by atoms with van der Waals surface area (Å²) in [6.07, 6.45) is 7.86. The van der Waals surface area contributed by atoms with Crippen LogP contribution in [0.2, 0.25) is 0 Å². The van der Waals surface area contributed by atoms with E-state index in [1.807, 2.05) is 35.4 Å². The highest BCUT2D eigenvalue weighted by atomic mass is 19.1. The molecule has 2 aliphatic rings. The molecular formula is C25H28FN3O2. The van der Waals surface area contributed by atoms with Gasteiger partial charge in [-0.2, -0.15) is 0 Å². The molecule has 1 aliphatic carbocycles. The second-order valence-electron chi connectivity index (χ2n) is 8.71. The Hall–Kier alpha value is -2.73. The summed E-state index contributed by atoms with van der Waals surface area (Å²) in [5, 5.41) is 0. The van der Waals surface area contributed by atoms with E-state index in [1.165, 1.54) is 0 Å². The Morgan fingerprint density at radius 2 is 1.84 bits per heavy atom. The highest BCUT2D eigenvalue weighted by Gasteiger charge is 2.27. The number of benzene rings is 1. The summed E-state index contributed by atoms with van der Waals surface area (Å²) in [7, 11) is 0. The number of hydrogen-bond acceptors (Lipinski definition) is 3. The van der Waals surface area contributed by atoms with Crippen molar-refractivity contribution >= 4 is 16.9 Å². The van der Waals surface area contributed by atoms with Crippen molar-refractivity contribution in [1.29, 1.82) is 0 Å². The summed E-state index contributed by atoms with van der Waals surface area (Å²) in [6.45, 7) is 3.28. The van der Waals surface area contributed by atoms with Crippen LogP contribution in [0.25, 0.3) is 11.0 Å². The molecule has 0 unspecified atom stereocenters. The van der Waals surface area contributed by atoms with Crippen LogP contribution < -0.4 is 0 Å². The van der Waals surface area contributed by atoms with Gasteiger partial charge in [0.05, 0.1) is 24.3 Å². The lowest BCUT2D eigenvalue weighted by Crippen LogP contribution is -2.40. The normalized spacial score (nSPS) is 22.0. The zero-order valence-electron chi connectivity index (χ0n) is 17.7. The van der Waals surface area contributed by atoms with Crippen LogP contribution in [0.5, 0.6) is 0 Å². The third-order valence-electron chi connectivity index (χ3n) is 6.81. The van der Waals surface area contributed by atoms with Crippen molar-refractivity contribution < 1.29 is 13.9 Å². The molecule has 2 fully saturated rings. The first-order valence-electron chi connectivity index (χ1n) is 11.3. The predicted octanol–water partition coefficient (Wildman–Crippen LogP) is 4.62. The number of aromatic nitrogens is 2. The maximum Gasteiger partial charge on any atom is 0.257 e. The minimum atomic E-state index is -0.0836. The summed E-state index contributed by atoms with van der Waals surface area (Å²) >= 11 is 0. The van der Waals surface area contributed by atoms with Gasteiger partial charge >= 0.3 is 0 Å². The first-order chi connectivity index (χ1) is 15.2. The molecule has 1 aliphatic heterocycles. The van der Waals surface area contributed by atoms with Crippen molar-refractivity contribution in [2.75, 3.05) is 26.3 Å². The summed E-state index contributed by atoms with van der Waals surface area (Å²) in [5.74, 6) is 0.776. The Bertz CT molecular complexity index is 1070. The van der Waals surface area contributed by atoms with Gasteiger partial charge in [0.2, 0.25) is 0 Å². The third kappa shape index (κ3) is 4.09. The Labute approximate surface area is 181 Å². The summed E-state index contributed by atoms with van der Waals surface area (Å²) in [5.41, 5.74) is 3.32. The van der Waals surface area contributed by atoms with Crippen molar-refractivity contribution in [1.82, 2.24) is 14.5 Å². The van der Waals surface area contributed by atoms with Crippen molar-refractivity contribution in [3.05, 3.63) is 65.7 Å². The number of ether oxygens (including phenoxy) is 1. The first kappa shape index (κ1) is 20.2. The molecule has 2 aromatic heterocycles. The van der Waals surface area contributed by atoms with E-state index in [9.17, 15) is 9.18 Å². The minimum absolute atomic E-state index is 0.0361. The van der Waals surface area contributed by atoms with E-state index in [4.69, 9.17) is 4.74 Å². The zero-order valence-corrected chi connectivity index (χ0v) is 17.7. The van der Waals surface area contributed by atoms with E-state index in [2.05, 4.69) is 9.55 Å². The molecule has 1 aromatic carbocycles. The van der Waals surface area contributed by atoms with Gasteiger partial charge in [-0.05, 0) is 61.3 Å². The summed E-state index contributed by atoms with van der Waals surface area (Å²) < 4.78 is 21.8. The first-order valence-corrected chi connectivity index (χ1v) is 11.3. The number of pyridine rings is 1. The van der Waals surface area contributed by atoms with Crippen LogP contribution in [0, 0.1) is 11.7 Å². The molecule has 0 atom stereocenters. The Kier molecular flexibility index (Phi) is 5.72. The minimum Gasteiger partial charge on any atom is -0.378 e. The fourth-order valence-corrected chi connectivity index (χ4v) is 5.11. The number of amides is 1. The van der Waals surface area contributed by atoms with Gasteiger partial charge in [0, 0.05) is 32.0 Å². The fraction of sp³-hybridized carbons (Fsp3) is 0.440. The van der Waals surface area contributed by atoms with Crippen molar-refractivity contribution in [3.63, 3.8) is 0 Å². The molecule has 162 valence electrons. The van der Waals surface area contributed by atoms with Gasteiger partial charge in [-0.25, -0.2) is 4.39 Å². The molecule has 0 bridgehead atoms. The van der Waals surface area contributed by atoms with Crippen molar-refractivity contribution in [2.24, 2.45) is 5.92 Å². The smallest absolute Gasteiger partial charge is 0.257 e. The quantitative estimate of drug-likeness (QED) is 0.618. The molecular weight excluding hydrogens is 393 g/mol. The molecule has 1 saturated heterocycles. The molecule has 5 rings (SSSR count). The SMILES string of the molecule is O=C(c1cn(CC2CCC(c3ccccc3F)CC2)c2cccnc12)N1CCOCC1. The fourth-order valence-electron chi connectivity index (χ4n) is 5.11. The summed E-state index contributed by atoms with van der Waals surface area (Å²) in [4.78, 5) is 19.5. The lowest BCUT2D eigenvalue weighted by Gasteiger charge is -2.29. The third-order valence-corrected chi connectivity index (χ3v) is 6.81. The van der Waals surface area contributed by atoms with Gasteiger partial charge in [0.15, 0.2) is 0 Å². The molecule has 1 saturated carbocycles. The summed E-state index contributed by atoms with van der Waals surface area (Å²) in [6, 6.07) is 11.1. The van der Waals surface area contributed by atoms with Crippen LogP contribution in [-0.4, -0.2) is 46.7 Å². The van der Waals surface area contributed by atoms with Gasteiger partial charge < -0.3 is 14.2 Å². The molecule has 6 heteroatoms. The molecule has 3 aromatic rings. The lowest BCUT2D eigenvalue weighted by molar-refractivity contribution is 0.0304. The number of rotatable bonds is 4. The van der Waals surface area contributed by atoms with Crippen LogP contribution >= 0.6 is 0 Å². The van der Waals surface area contributed by atoms with Crippen LogP contribution in [0.15, 0.2) is 48.8 Å². The average molecular weight is 422 g/mol. The molecule has 0 spiro atoms. The van der Waals surface area contributed by atoms with E-state index < -0.39 is 0 Å². The second kappa shape index (κ2) is 8.79. The van der Waals surface area contributed by atoms with Gasteiger partial charge in [-0.1, -0.05) is 18.2 Å². The number of carbonyl (C=O) groups excluding carboxylic acids is 1. The van der Waals surface area contributed by atoms with E-state index in [1.54, 1.807) is 18.3 Å². The van der Waals surface area contributed by atoms with Crippen LogP contribution in [-0.2, 0) is 11.3 Å². The van der Waals surface area contributed by atoms with E-state index in [0.717, 1.165) is 48.8 Å². The largest absolute Gasteiger partial charge is 0.378 e. The number of fused-ring (bicyclic) bond motifs is 1. The number of carbonyl (C=O) groups is 1. The van der Waals surface area contributed by atoms with Gasteiger partial charge in [-0.15, -0.1) is 0 Å². The number of morpholine rings is 1. The van der Waals surface area contributed by atoms with Crippen LogP contribution in [0.1, 0.15) is 47.5 Å². The second-order valence-corrected chi connectivity index (χ2v) is 8.71. The maximum atomic E-state index is 14.2. The van der Waals surface area contributed by atoms with Gasteiger partial charge in [0.25, 0.3) is 5.91 Å². The van der Waals surface area contributed by atoms with Crippen molar-refractivity contribution in [3.8, 4) is 0 Å². The molecule has 0 N–H and O–H groups in total. The zero-order chi connectivity index (χ0) is 21.2. The van der Waals surface area contributed by atoms with E-state index in [-0.39, 0.29) is 11.7 Å².